The lowest BCUT2D eigenvalue weighted by atomic mass is 10.0. The predicted molar refractivity (Wildman–Crippen MR) is 120 cm³/mol. The molecule has 0 radical (unpaired) electrons. The maximum atomic E-state index is 6.71. The summed E-state index contributed by atoms with van der Waals surface area (Å²) in [7, 11) is -1.73. The third-order valence-electron chi connectivity index (χ3n) is 5.47. The van der Waals surface area contributed by atoms with Crippen molar-refractivity contribution in [1.29, 1.82) is 0 Å². The molecule has 0 spiro atoms. The molecule has 0 aliphatic heterocycles. The summed E-state index contributed by atoms with van der Waals surface area (Å²) >= 11 is 3.50. The number of benzene rings is 2. The van der Waals surface area contributed by atoms with Crippen molar-refractivity contribution in [3.8, 4) is 11.1 Å². The van der Waals surface area contributed by atoms with Crippen molar-refractivity contribution in [3.05, 3.63) is 58.6 Å². The first-order valence-corrected chi connectivity index (χ1v) is 13.3. The first-order chi connectivity index (χ1) is 12.1. The van der Waals surface area contributed by atoms with Gasteiger partial charge in [0.15, 0.2) is 8.32 Å². The zero-order valence-corrected chi connectivity index (χ0v) is 19.7. The summed E-state index contributed by atoms with van der Waals surface area (Å²) < 4.78 is 7.82. The van der Waals surface area contributed by atoms with Gasteiger partial charge in [-0.3, -0.25) is 0 Å². The van der Waals surface area contributed by atoms with E-state index in [4.69, 9.17) is 4.43 Å². The topological polar surface area (TPSA) is 9.23 Å². The number of rotatable bonds is 7. The fourth-order valence-electron chi connectivity index (χ4n) is 2.86. The van der Waals surface area contributed by atoms with Gasteiger partial charge in [0.25, 0.3) is 0 Å². The minimum Gasteiger partial charge on any atom is -0.414 e. The molecule has 2 rings (SSSR count). The van der Waals surface area contributed by atoms with E-state index in [-0.39, 0.29) is 5.04 Å². The smallest absolute Gasteiger partial charge is 0.192 e. The zero-order valence-electron chi connectivity index (χ0n) is 17.1. The molecule has 0 N–H and O–H groups in total. The Morgan fingerprint density at radius 1 is 0.923 bits per heavy atom. The highest BCUT2D eigenvalue weighted by atomic mass is 79.9. The molecule has 2 aromatic rings. The highest BCUT2D eigenvalue weighted by Crippen LogP contribution is 2.38. The highest BCUT2D eigenvalue weighted by Gasteiger charge is 2.38. The molecular weight excluding hydrogens is 400 g/mol. The summed E-state index contributed by atoms with van der Waals surface area (Å²) in [5, 5.41) is 0.254. The van der Waals surface area contributed by atoms with E-state index in [2.05, 4.69) is 105 Å². The monoisotopic (exact) mass is 432 g/mol. The van der Waals surface area contributed by atoms with Crippen LogP contribution < -0.4 is 0 Å². The average molecular weight is 434 g/mol. The van der Waals surface area contributed by atoms with Crippen LogP contribution in [0.15, 0.2) is 53.0 Å². The SMILES string of the molecule is CCC[C@H](Cc1ccc(-c2ccc(Br)cc2)cc1)O[Si](C)(C)C(C)(C)C. The van der Waals surface area contributed by atoms with E-state index in [1.165, 1.54) is 16.7 Å². The Bertz CT molecular complexity index is 684. The molecule has 2 aromatic carbocycles. The Kier molecular flexibility index (Phi) is 7.29. The van der Waals surface area contributed by atoms with Crippen molar-refractivity contribution in [1.82, 2.24) is 0 Å². The quantitative estimate of drug-likeness (QED) is 0.404. The van der Waals surface area contributed by atoms with Crippen molar-refractivity contribution in [2.24, 2.45) is 0 Å². The van der Waals surface area contributed by atoms with Gasteiger partial charge in [-0.2, -0.15) is 0 Å². The molecule has 0 saturated carbocycles. The summed E-state index contributed by atoms with van der Waals surface area (Å²) in [5.41, 5.74) is 3.88. The maximum absolute atomic E-state index is 6.71. The lowest BCUT2D eigenvalue weighted by Gasteiger charge is -2.39. The van der Waals surface area contributed by atoms with Crippen LogP contribution in [0.3, 0.4) is 0 Å². The molecule has 0 aliphatic rings. The van der Waals surface area contributed by atoms with Crippen molar-refractivity contribution < 1.29 is 4.43 Å². The summed E-state index contributed by atoms with van der Waals surface area (Å²) in [5.74, 6) is 0. The van der Waals surface area contributed by atoms with Crippen molar-refractivity contribution in [2.75, 3.05) is 0 Å². The molecule has 3 heteroatoms. The van der Waals surface area contributed by atoms with Crippen LogP contribution in [0.5, 0.6) is 0 Å². The Morgan fingerprint density at radius 3 is 1.88 bits per heavy atom. The Balaban J connectivity index is 2.10. The van der Waals surface area contributed by atoms with Gasteiger partial charge < -0.3 is 4.43 Å². The van der Waals surface area contributed by atoms with Gasteiger partial charge in [0.1, 0.15) is 0 Å². The minimum absolute atomic E-state index is 0.254. The van der Waals surface area contributed by atoms with E-state index < -0.39 is 8.32 Å². The molecule has 26 heavy (non-hydrogen) atoms. The third-order valence-corrected chi connectivity index (χ3v) is 10.5. The molecule has 0 amide bonds. The first-order valence-electron chi connectivity index (χ1n) is 9.65. The van der Waals surface area contributed by atoms with Crippen LogP contribution in [0.25, 0.3) is 11.1 Å². The lowest BCUT2D eigenvalue weighted by molar-refractivity contribution is 0.170. The second-order valence-corrected chi connectivity index (χ2v) is 14.4. The van der Waals surface area contributed by atoms with E-state index in [9.17, 15) is 0 Å². The van der Waals surface area contributed by atoms with E-state index in [1.807, 2.05) is 0 Å². The standard InChI is InChI=1S/C23H33BrOSi/c1-7-8-22(25-26(5,6)23(2,3)4)17-18-9-11-19(12-10-18)20-13-15-21(24)16-14-20/h9-16,22H,7-8,17H2,1-6H3/t22-/m1/s1. The van der Waals surface area contributed by atoms with Gasteiger partial charge in [-0.15, -0.1) is 0 Å². The molecule has 1 nitrogen and oxygen atoms in total. The molecule has 1 atom stereocenters. The van der Waals surface area contributed by atoms with Crippen molar-refractivity contribution >= 4 is 24.2 Å². The highest BCUT2D eigenvalue weighted by molar-refractivity contribution is 9.10. The fraction of sp³-hybridized carbons (Fsp3) is 0.478. The van der Waals surface area contributed by atoms with Gasteiger partial charge in [0.05, 0.1) is 0 Å². The normalized spacial score (nSPS) is 13.7. The predicted octanol–water partition coefficient (Wildman–Crippen LogP) is 7.85. The van der Waals surface area contributed by atoms with E-state index in [0.717, 1.165) is 23.7 Å². The van der Waals surface area contributed by atoms with Crippen LogP contribution in [0.4, 0.5) is 0 Å². The van der Waals surface area contributed by atoms with Gasteiger partial charge in [-0.25, -0.2) is 0 Å². The van der Waals surface area contributed by atoms with E-state index in [0.29, 0.717) is 6.10 Å². The molecule has 142 valence electrons. The Labute approximate surface area is 169 Å². The third kappa shape index (κ3) is 5.80. The molecule has 0 aromatic heterocycles. The largest absolute Gasteiger partial charge is 0.414 e. The zero-order chi connectivity index (χ0) is 19.4. The van der Waals surface area contributed by atoms with E-state index in [1.54, 1.807) is 0 Å². The maximum Gasteiger partial charge on any atom is 0.192 e. The molecule has 0 unspecified atom stereocenters. The van der Waals surface area contributed by atoms with E-state index >= 15 is 0 Å². The van der Waals surface area contributed by atoms with Crippen LogP contribution in [0.2, 0.25) is 18.1 Å². The van der Waals surface area contributed by atoms with Crippen molar-refractivity contribution in [3.63, 3.8) is 0 Å². The Hall–Kier alpha value is -0.903. The summed E-state index contributed by atoms with van der Waals surface area (Å²) in [6.07, 6.45) is 3.61. The summed E-state index contributed by atoms with van der Waals surface area (Å²) in [6.45, 7) is 13.9. The molecule has 0 saturated heterocycles. The Morgan fingerprint density at radius 2 is 1.42 bits per heavy atom. The molecule has 0 bridgehead atoms. The van der Waals surface area contributed by atoms with Gasteiger partial charge in [-0.05, 0) is 59.8 Å². The summed E-state index contributed by atoms with van der Waals surface area (Å²) in [6, 6.07) is 17.5. The first kappa shape index (κ1) is 21.4. The van der Waals surface area contributed by atoms with Crippen LogP contribution >= 0.6 is 15.9 Å². The average Bonchev–Trinajstić information content (AvgIpc) is 2.55. The van der Waals surface area contributed by atoms with Gasteiger partial charge in [-0.1, -0.05) is 86.4 Å². The molecule has 0 fully saturated rings. The van der Waals surface area contributed by atoms with Crippen LogP contribution in [0.1, 0.15) is 46.1 Å². The molecule has 0 aliphatic carbocycles. The number of hydrogen-bond acceptors (Lipinski definition) is 1. The van der Waals surface area contributed by atoms with Crippen LogP contribution in [-0.4, -0.2) is 14.4 Å². The number of halogens is 1. The van der Waals surface area contributed by atoms with Gasteiger partial charge in [0, 0.05) is 10.6 Å². The fourth-order valence-corrected chi connectivity index (χ4v) is 4.51. The molecule has 0 heterocycles. The van der Waals surface area contributed by atoms with Crippen LogP contribution in [-0.2, 0) is 10.8 Å². The van der Waals surface area contributed by atoms with Gasteiger partial charge in [0.2, 0.25) is 0 Å². The van der Waals surface area contributed by atoms with Crippen molar-refractivity contribution in [2.45, 2.75) is 71.2 Å². The second-order valence-electron chi connectivity index (χ2n) is 8.70. The minimum atomic E-state index is -1.73. The molecular formula is C23H33BrOSi. The number of hydrogen-bond donors (Lipinski definition) is 0. The lowest BCUT2D eigenvalue weighted by Crippen LogP contribution is -2.44. The van der Waals surface area contributed by atoms with Gasteiger partial charge >= 0.3 is 0 Å². The summed E-state index contributed by atoms with van der Waals surface area (Å²) in [4.78, 5) is 0. The van der Waals surface area contributed by atoms with Crippen LogP contribution in [0, 0.1) is 0 Å². The second kappa shape index (κ2) is 8.86.